The van der Waals surface area contributed by atoms with Crippen LogP contribution in [0.5, 0.6) is 0 Å². The zero-order chi connectivity index (χ0) is 17.3. The summed E-state index contributed by atoms with van der Waals surface area (Å²) < 4.78 is 0. The topological polar surface area (TPSA) is 0 Å². The summed E-state index contributed by atoms with van der Waals surface area (Å²) in [7, 11) is 0. The van der Waals surface area contributed by atoms with Gasteiger partial charge in [-0.2, -0.15) is 0 Å². The van der Waals surface area contributed by atoms with Crippen LogP contribution in [0.1, 0.15) is 62.5 Å². The van der Waals surface area contributed by atoms with Crippen molar-refractivity contribution < 1.29 is 0 Å². The molecule has 4 aromatic rings. The standard InChI is InChI=1S/C26H28/c1-2-4-6-8-10-20-12-14-22-15-17-23-19(9-7-5-3-1)11-13-21-16-18-24(20)26(22)25(21)23/h11-18H,1-10H2. The van der Waals surface area contributed by atoms with Crippen molar-refractivity contribution in [1.82, 2.24) is 0 Å². The van der Waals surface area contributed by atoms with E-state index in [2.05, 4.69) is 48.5 Å². The van der Waals surface area contributed by atoms with Crippen LogP contribution >= 0.6 is 0 Å². The molecule has 6 bridgehead atoms. The number of hydrogen-bond acceptors (Lipinski definition) is 0. The molecule has 0 nitrogen and oxygen atoms in total. The second-order valence-corrected chi connectivity index (χ2v) is 8.20. The van der Waals surface area contributed by atoms with Crippen molar-refractivity contribution in [3.8, 4) is 0 Å². The van der Waals surface area contributed by atoms with Gasteiger partial charge >= 0.3 is 0 Å². The van der Waals surface area contributed by atoms with E-state index in [0.29, 0.717) is 0 Å². The highest BCUT2D eigenvalue weighted by Gasteiger charge is 2.13. The zero-order valence-electron chi connectivity index (χ0n) is 15.7. The zero-order valence-corrected chi connectivity index (χ0v) is 15.7. The van der Waals surface area contributed by atoms with Gasteiger partial charge in [0.05, 0.1) is 0 Å². The van der Waals surface area contributed by atoms with E-state index in [0.717, 1.165) is 0 Å². The van der Waals surface area contributed by atoms with Crippen molar-refractivity contribution in [2.24, 2.45) is 0 Å². The largest absolute Gasteiger partial charge is 0.0578 e. The third kappa shape index (κ3) is 2.76. The fraction of sp³-hybridized carbons (Fsp3) is 0.385. The van der Waals surface area contributed by atoms with Gasteiger partial charge in [-0.15, -0.1) is 0 Å². The van der Waals surface area contributed by atoms with Crippen LogP contribution in [0.2, 0.25) is 0 Å². The Morgan fingerprint density at radius 2 is 0.769 bits per heavy atom. The minimum absolute atomic E-state index is 1.22. The number of aryl methyl sites for hydroxylation is 2. The molecule has 26 heavy (non-hydrogen) atoms. The molecular formula is C26H28. The van der Waals surface area contributed by atoms with Crippen LogP contribution in [0.3, 0.4) is 0 Å². The maximum Gasteiger partial charge on any atom is -0.00239 e. The summed E-state index contributed by atoms with van der Waals surface area (Å²) >= 11 is 0. The van der Waals surface area contributed by atoms with Gasteiger partial charge in [-0.3, -0.25) is 0 Å². The summed E-state index contributed by atoms with van der Waals surface area (Å²) in [6, 6.07) is 18.9. The number of rotatable bonds is 0. The Kier molecular flexibility index (Phi) is 4.28. The summed E-state index contributed by atoms with van der Waals surface area (Å²) in [5.74, 6) is 0. The van der Waals surface area contributed by atoms with E-state index in [9.17, 15) is 0 Å². The van der Waals surface area contributed by atoms with E-state index in [-0.39, 0.29) is 0 Å². The van der Waals surface area contributed by atoms with Crippen LogP contribution in [0.15, 0.2) is 48.5 Å². The molecule has 0 saturated carbocycles. The van der Waals surface area contributed by atoms with E-state index in [1.165, 1.54) is 96.5 Å². The molecule has 0 amide bonds. The molecule has 5 rings (SSSR count). The van der Waals surface area contributed by atoms with Gasteiger partial charge in [0.25, 0.3) is 0 Å². The molecule has 1 aliphatic rings. The average Bonchev–Trinajstić information content (AvgIpc) is 2.68. The highest BCUT2D eigenvalue weighted by atomic mass is 14.2. The molecule has 0 aliphatic heterocycles. The van der Waals surface area contributed by atoms with E-state index in [1.54, 1.807) is 11.1 Å². The lowest BCUT2D eigenvalue weighted by molar-refractivity contribution is 0.568. The summed E-state index contributed by atoms with van der Waals surface area (Å²) in [6.07, 6.45) is 13.5. The van der Waals surface area contributed by atoms with Gasteiger partial charge in [0, 0.05) is 0 Å². The Hall–Kier alpha value is -2.08. The highest BCUT2D eigenvalue weighted by molar-refractivity contribution is 6.24. The molecule has 0 N–H and O–H groups in total. The fourth-order valence-electron chi connectivity index (χ4n) is 5.05. The summed E-state index contributed by atoms with van der Waals surface area (Å²) in [5.41, 5.74) is 3.09. The third-order valence-electron chi connectivity index (χ3n) is 6.49. The number of benzene rings is 4. The first kappa shape index (κ1) is 16.1. The maximum absolute atomic E-state index is 2.38. The highest BCUT2D eigenvalue weighted by Crippen LogP contribution is 2.38. The fourth-order valence-corrected chi connectivity index (χ4v) is 5.05. The molecule has 0 heterocycles. The Morgan fingerprint density at radius 1 is 0.385 bits per heavy atom. The van der Waals surface area contributed by atoms with Crippen LogP contribution in [0.4, 0.5) is 0 Å². The Labute approximate surface area is 156 Å². The van der Waals surface area contributed by atoms with Gasteiger partial charge < -0.3 is 0 Å². The van der Waals surface area contributed by atoms with Crippen LogP contribution in [-0.2, 0) is 12.8 Å². The van der Waals surface area contributed by atoms with E-state index >= 15 is 0 Å². The van der Waals surface area contributed by atoms with Crippen molar-refractivity contribution in [2.45, 2.75) is 64.2 Å². The van der Waals surface area contributed by atoms with Gasteiger partial charge in [-0.1, -0.05) is 87.1 Å². The van der Waals surface area contributed by atoms with Crippen molar-refractivity contribution in [3.05, 3.63) is 59.7 Å². The predicted molar refractivity (Wildman–Crippen MR) is 114 cm³/mol. The molecular weight excluding hydrogens is 312 g/mol. The van der Waals surface area contributed by atoms with Crippen LogP contribution < -0.4 is 0 Å². The smallest absolute Gasteiger partial charge is 0.00239 e. The SMILES string of the molecule is c1cc2ccc3c4ccc5ccc(c1CCCCCCCCCC4)c2c53. The van der Waals surface area contributed by atoms with Gasteiger partial charge in [-0.25, -0.2) is 0 Å². The van der Waals surface area contributed by atoms with Crippen LogP contribution in [0, 0.1) is 0 Å². The molecule has 0 aromatic heterocycles. The maximum atomic E-state index is 2.38. The molecule has 1 aliphatic carbocycles. The molecule has 0 heteroatoms. The first-order valence-electron chi connectivity index (χ1n) is 10.6. The van der Waals surface area contributed by atoms with Crippen molar-refractivity contribution in [1.29, 1.82) is 0 Å². The molecule has 0 atom stereocenters. The molecule has 0 radical (unpaired) electrons. The lowest BCUT2D eigenvalue weighted by Gasteiger charge is -2.16. The van der Waals surface area contributed by atoms with Crippen LogP contribution in [0.25, 0.3) is 32.3 Å². The van der Waals surface area contributed by atoms with E-state index < -0.39 is 0 Å². The van der Waals surface area contributed by atoms with Crippen LogP contribution in [-0.4, -0.2) is 0 Å². The quantitative estimate of drug-likeness (QED) is 0.286. The van der Waals surface area contributed by atoms with Gasteiger partial charge in [0.1, 0.15) is 0 Å². The Balaban J connectivity index is 1.73. The Morgan fingerprint density at radius 3 is 1.23 bits per heavy atom. The molecule has 0 saturated heterocycles. The van der Waals surface area contributed by atoms with Gasteiger partial charge in [-0.05, 0) is 69.1 Å². The second-order valence-electron chi connectivity index (χ2n) is 8.20. The average molecular weight is 341 g/mol. The second kappa shape index (κ2) is 6.91. The summed E-state index contributed by atoms with van der Waals surface area (Å²) in [5, 5.41) is 8.80. The summed E-state index contributed by atoms with van der Waals surface area (Å²) in [6.45, 7) is 0. The molecule has 4 aromatic carbocycles. The first-order valence-corrected chi connectivity index (χ1v) is 10.6. The monoisotopic (exact) mass is 340 g/mol. The molecule has 132 valence electrons. The van der Waals surface area contributed by atoms with Crippen molar-refractivity contribution in [3.63, 3.8) is 0 Å². The lowest BCUT2D eigenvalue weighted by Crippen LogP contribution is -1.94. The van der Waals surface area contributed by atoms with E-state index in [4.69, 9.17) is 0 Å². The lowest BCUT2D eigenvalue weighted by atomic mass is 9.88. The summed E-state index contributed by atoms with van der Waals surface area (Å²) in [4.78, 5) is 0. The van der Waals surface area contributed by atoms with Crippen molar-refractivity contribution in [2.75, 3.05) is 0 Å². The first-order chi connectivity index (χ1) is 12.9. The molecule has 0 unspecified atom stereocenters. The predicted octanol–water partition coefficient (Wildman–Crippen LogP) is 7.80. The third-order valence-corrected chi connectivity index (χ3v) is 6.49. The number of hydrogen-bond donors (Lipinski definition) is 0. The van der Waals surface area contributed by atoms with Crippen molar-refractivity contribution >= 4 is 32.3 Å². The normalized spacial score (nSPS) is 17.2. The molecule has 0 spiro atoms. The minimum atomic E-state index is 1.22. The van der Waals surface area contributed by atoms with Gasteiger partial charge in [0.15, 0.2) is 0 Å². The minimum Gasteiger partial charge on any atom is -0.0578 e. The molecule has 0 fully saturated rings. The van der Waals surface area contributed by atoms with E-state index in [1.807, 2.05) is 0 Å². The Bertz CT molecular complexity index is 954. The van der Waals surface area contributed by atoms with Gasteiger partial charge in [0.2, 0.25) is 0 Å².